The molecule has 0 saturated carbocycles. The summed E-state index contributed by atoms with van der Waals surface area (Å²) < 4.78 is 10.9. The average molecular weight is 656 g/mol. The molecule has 0 bridgehead atoms. The normalized spacial score (nSPS) is 15.0. The van der Waals surface area contributed by atoms with E-state index >= 15 is 0 Å². The molecule has 0 unspecified atom stereocenters. The lowest BCUT2D eigenvalue weighted by Gasteiger charge is -2.25. The predicted octanol–water partition coefficient (Wildman–Crippen LogP) is 5.63. The van der Waals surface area contributed by atoms with Crippen molar-refractivity contribution >= 4 is 55.9 Å². The maximum atomic E-state index is 14.2. The van der Waals surface area contributed by atoms with Gasteiger partial charge < -0.3 is 14.2 Å². The maximum absolute atomic E-state index is 14.2. The minimum absolute atomic E-state index is 0.190. The number of halogens is 1. The SMILES string of the molecule is CCOC(=O)C1=C(C)N=c2s/c(=C/c3cn(Cc4ccc(Br)cc4)c4ccccc34)c(=O)n2[C@H]1c1ccc(N(C)C)cc1. The first-order valence-corrected chi connectivity index (χ1v) is 15.7. The van der Waals surface area contributed by atoms with Gasteiger partial charge in [0.1, 0.15) is 0 Å². The summed E-state index contributed by atoms with van der Waals surface area (Å²) in [5.74, 6) is -0.462. The van der Waals surface area contributed by atoms with Crippen LogP contribution < -0.4 is 19.8 Å². The summed E-state index contributed by atoms with van der Waals surface area (Å²) in [6.07, 6.45) is 4.04. The van der Waals surface area contributed by atoms with Gasteiger partial charge in [-0.1, -0.05) is 69.7 Å². The highest BCUT2D eigenvalue weighted by Crippen LogP contribution is 2.32. The predicted molar refractivity (Wildman–Crippen MR) is 176 cm³/mol. The van der Waals surface area contributed by atoms with E-state index in [0.717, 1.165) is 32.2 Å². The van der Waals surface area contributed by atoms with Gasteiger partial charge >= 0.3 is 5.97 Å². The Morgan fingerprint density at radius 3 is 2.49 bits per heavy atom. The molecule has 3 heterocycles. The van der Waals surface area contributed by atoms with Crippen LogP contribution in [0, 0.1) is 0 Å². The van der Waals surface area contributed by atoms with Crippen LogP contribution >= 0.6 is 27.3 Å². The molecule has 9 heteroatoms. The average Bonchev–Trinajstić information content (AvgIpc) is 3.49. The van der Waals surface area contributed by atoms with Crippen LogP contribution in [0.3, 0.4) is 0 Å². The van der Waals surface area contributed by atoms with Gasteiger partial charge in [-0.15, -0.1) is 0 Å². The number of anilines is 1. The molecule has 0 radical (unpaired) electrons. The molecular weight excluding hydrogens is 624 g/mol. The number of carbonyl (C=O) groups excluding carboxylic acids is 1. The summed E-state index contributed by atoms with van der Waals surface area (Å²) in [7, 11) is 3.95. The van der Waals surface area contributed by atoms with Gasteiger partial charge in [-0.25, -0.2) is 9.79 Å². The molecule has 43 heavy (non-hydrogen) atoms. The Balaban J connectivity index is 1.50. The molecule has 0 aliphatic carbocycles. The molecule has 2 aromatic heterocycles. The Bertz CT molecular complexity index is 2050. The molecule has 5 aromatic rings. The zero-order valence-corrected chi connectivity index (χ0v) is 26.8. The van der Waals surface area contributed by atoms with Crippen LogP contribution in [0.25, 0.3) is 17.0 Å². The fourth-order valence-electron chi connectivity index (χ4n) is 5.51. The minimum atomic E-state index is -0.646. The summed E-state index contributed by atoms with van der Waals surface area (Å²) in [4.78, 5) is 34.7. The van der Waals surface area contributed by atoms with Crippen LogP contribution in [0.4, 0.5) is 5.69 Å². The van der Waals surface area contributed by atoms with E-state index in [1.54, 1.807) is 18.4 Å². The molecule has 7 nitrogen and oxygen atoms in total. The maximum Gasteiger partial charge on any atom is 0.338 e. The largest absolute Gasteiger partial charge is 0.463 e. The van der Waals surface area contributed by atoms with Crippen LogP contribution in [-0.4, -0.2) is 35.8 Å². The number of benzene rings is 3. The zero-order chi connectivity index (χ0) is 30.2. The highest BCUT2D eigenvalue weighted by Gasteiger charge is 2.33. The van der Waals surface area contributed by atoms with Gasteiger partial charge in [0.2, 0.25) is 0 Å². The molecule has 218 valence electrons. The van der Waals surface area contributed by atoms with Gasteiger partial charge in [0.05, 0.1) is 28.5 Å². The molecule has 0 spiro atoms. The third kappa shape index (κ3) is 5.50. The van der Waals surface area contributed by atoms with Gasteiger partial charge in [-0.05, 0) is 61.4 Å². The highest BCUT2D eigenvalue weighted by atomic mass is 79.9. The molecule has 3 aromatic carbocycles. The number of thiazole rings is 1. The molecule has 1 aliphatic rings. The van der Waals surface area contributed by atoms with Crippen molar-refractivity contribution in [3.63, 3.8) is 0 Å². The molecule has 1 aliphatic heterocycles. The van der Waals surface area contributed by atoms with Crippen LogP contribution in [0.15, 0.2) is 105 Å². The van der Waals surface area contributed by atoms with Crippen molar-refractivity contribution in [3.05, 3.63) is 131 Å². The van der Waals surface area contributed by atoms with E-state index in [1.807, 2.05) is 73.6 Å². The number of allylic oxidation sites excluding steroid dienone is 1. The van der Waals surface area contributed by atoms with E-state index in [-0.39, 0.29) is 12.2 Å². The van der Waals surface area contributed by atoms with Gasteiger partial charge in [-0.2, -0.15) is 0 Å². The Morgan fingerprint density at radius 1 is 1.07 bits per heavy atom. The number of esters is 1. The van der Waals surface area contributed by atoms with Crippen molar-refractivity contribution in [1.29, 1.82) is 0 Å². The van der Waals surface area contributed by atoms with Crippen molar-refractivity contribution in [1.82, 2.24) is 9.13 Å². The summed E-state index contributed by atoms with van der Waals surface area (Å²) in [5, 5.41) is 1.06. The number of rotatable bonds is 7. The summed E-state index contributed by atoms with van der Waals surface area (Å²) in [6, 6.07) is 23.8. The molecule has 6 rings (SSSR count). The molecule has 0 N–H and O–H groups in total. The molecule has 0 amide bonds. The van der Waals surface area contributed by atoms with Crippen LogP contribution in [-0.2, 0) is 16.1 Å². The number of nitrogens with zero attached hydrogens (tertiary/aromatic N) is 4. The van der Waals surface area contributed by atoms with Gasteiger partial charge in [0.25, 0.3) is 5.56 Å². The van der Waals surface area contributed by atoms with Crippen LogP contribution in [0.1, 0.15) is 36.6 Å². The molecule has 0 saturated heterocycles. The molecule has 1 atom stereocenters. The van der Waals surface area contributed by atoms with E-state index in [9.17, 15) is 9.59 Å². The van der Waals surface area contributed by atoms with Crippen molar-refractivity contribution in [2.45, 2.75) is 26.4 Å². The van der Waals surface area contributed by atoms with Crippen molar-refractivity contribution in [3.8, 4) is 0 Å². The summed E-state index contributed by atoms with van der Waals surface area (Å²) in [5.41, 5.74) is 5.80. The van der Waals surface area contributed by atoms with Gasteiger partial charge in [0, 0.05) is 53.5 Å². The lowest BCUT2D eigenvalue weighted by atomic mass is 9.95. The van der Waals surface area contributed by atoms with Crippen LogP contribution in [0.2, 0.25) is 0 Å². The standard InChI is InChI=1S/C34H31BrN4O3S/c1-5-42-33(41)30-21(2)36-34-39(31(30)23-12-16-26(17-13-23)37(3)4)32(40)29(43-34)18-24-20-38(28-9-7-6-8-27(24)28)19-22-10-14-25(35)15-11-22/h6-18,20,31H,5,19H2,1-4H3/b29-18+/t31-/m0/s1. The Kier molecular flexibility index (Phi) is 7.94. The van der Waals surface area contributed by atoms with Crippen molar-refractivity contribution in [2.24, 2.45) is 4.99 Å². The number of hydrogen-bond acceptors (Lipinski definition) is 6. The van der Waals surface area contributed by atoms with Gasteiger partial charge in [0.15, 0.2) is 4.80 Å². The highest BCUT2D eigenvalue weighted by molar-refractivity contribution is 9.10. The number of ether oxygens (including phenoxy) is 1. The summed E-state index contributed by atoms with van der Waals surface area (Å²) in [6.45, 7) is 4.52. The Morgan fingerprint density at radius 2 is 1.79 bits per heavy atom. The Hall–Kier alpha value is -4.21. The zero-order valence-electron chi connectivity index (χ0n) is 24.4. The van der Waals surface area contributed by atoms with Gasteiger partial charge in [-0.3, -0.25) is 9.36 Å². The first-order chi connectivity index (χ1) is 20.7. The first kappa shape index (κ1) is 28.9. The monoisotopic (exact) mass is 654 g/mol. The van der Waals surface area contributed by atoms with Crippen molar-refractivity contribution < 1.29 is 9.53 Å². The quantitative estimate of drug-likeness (QED) is 0.213. The number of carbonyl (C=O) groups is 1. The first-order valence-electron chi connectivity index (χ1n) is 14.0. The number of para-hydroxylation sites is 1. The fourth-order valence-corrected chi connectivity index (χ4v) is 6.81. The van der Waals surface area contributed by atoms with E-state index in [1.165, 1.54) is 16.9 Å². The molecule has 0 fully saturated rings. The number of aromatic nitrogens is 2. The third-order valence-electron chi connectivity index (χ3n) is 7.61. The van der Waals surface area contributed by atoms with E-state index in [4.69, 9.17) is 9.73 Å². The molecular formula is C34H31BrN4O3S. The van der Waals surface area contributed by atoms with E-state index in [0.29, 0.717) is 27.1 Å². The summed E-state index contributed by atoms with van der Waals surface area (Å²) >= 11 is 4.85. The lowest BCUT2D eigenvalue weighted by molar-refractivity contribution is -0.139. The smallest absolute Gasteiger partial charge is 0.338 e. The third-order valence-corrected chi connectivity index (χ3v) is 9.13. The topological polar surface area (TPSA) is 68.8 Å². The fraction of sp³-hybridized carbons (Fsp3) is 0.206. The van der Waals surface area contributed by atoms with Crippen LogP contribution in [0.5, 0.6) is 0 Å². The number of fused-ring (bicyclic) bond motifs is 2. The minimum Gasteiger partial charge on any atom is -0.463 e. The Labute approximate surface area is 261 Å². The second-order valence-electron chi connectivity index (χ2n) is 10.6. The lowest BCUT2D eigenvalue weighted by Crippen LogP contribution is -2.39. The second-order valence-corrected chi connectivity index (χ2v) is 12.6. The van der Waals surface area contributed by atoms with Crippen molar-refractivity contribution in [2.75, 3.05) is 25.6 Å². The second kappa shape index (κ2) is 11.8. The van der Waals surface area contributed by atoms with E-state index < -0.39 is 12.0 Å². The van der Waals surface area contributed by atoms with E-state index in [2.05, 4.69) is 51.0 Å². The number of hydrogen-bond donors (Lipinski definition) is 0.